The second-order valence-electron chi connectivity index (χ2n) is 2.97. The van der Waals surface area contributed by atoms with Crippen LogP contribution in [0.2, 0.25) is 0 Å². The van der Waals surface area contributed by atoms with Gasteiger partial charge < -0.3 is 10.8 Å². The van der Waals surface area contributed by atoms with Crippen molar-refractivity contribution >= 4 is 11.9 Å². The van der Waals surface area contributed by atoms with Crippen molar-refractivity contribution in [2.45, 2.75) is 25.7 Å². The molecule has 0 saturated carbocycles. The van der Waals surface area contributed by atoms with Crippen molar-refractivity contribution in [2.75, 3.05) is 13.1 Å². The molecule has 0 saturated heterocycles. The van der Waals surface area contributed by atoms with Gasteiger partial charge in [0, 0.05) is 13.0 Å². The zero-order valence-electron chi connectivity index (χ0n) is 8.11. The van der Waals surface area contributed by atoms with Gasteiger partial charge in [-0.2, -0.15) is 0 Å². The molecular formula is C8H17N2O4+. The molecule has 0 aromatic rings. The molecule has 0 aliphatic rings. The second kappa shape index (κ2) is 7.28. The predicted molar refractivity (Wildman–Crippen MR) is 47.4 cm³/mol. The van der Waals surface area contributed by atoms with E-state index in [0.717, 1.165) is 13.0 Å². The number of hydrogen-bond donors (Lipinski definition) is 3. The van der Waals surface area contributed by atoms with E-state index in [9.17, 15) is 9.59 Å². The van der Waals surface area contributed by atoms with Gasteiger partial charge in [0.25, 0.3) is 0 Å². The molecule has 0 radical (unpaired) electrons. The maximum atomic E-state index is 11.0. The zero-order chi connectivity index (χ0) is 11.0. The lowest BCUT2D eigenvalue weighted by atomic mass is 10.2. The maximum absolute atomic E-state index is 11.0. The molecule has 0 unspecified atom stereocenters. The van der Waals surface area contributed by atoms with Crippen molar-refractivity contribution in [2.24, 2.45) is 0 Å². The van der Waals surface area contributed by atoms with Crippen molar-refractivity contribution in [1.29, 1.82) is 0 Å². The minimum absolute atomic E-state index is 0.157. The number of quaternary nitrogens is 1. The summed E-state index contributed by atoms with van der Waals surface area (Å²) in [5.74, 6) is -1.58. The normalized spacial score (nSPS) is 9.86. The summed E-state index contributed by atoms with van der Waals surface area (Å²) in [5.41, 5.74) is 3.62. The van der Waals surface area contributed by atoms with E-state index in [2.05, 4.69) is 5.73 Å². The first-order valence-corrected chi connectivity index (χ1v) is 4.58. The number of nitrogens with zero attached hydrogens (tertiary/aromatic N) is 1. The van der Waals surface area contributed by atoms with Crippen LogP contribution >= 0.6 is 0 Å². The number of hydrogen-bond acceptors (Lipinski definition) is 3. The van der Waals surface area contributed by atoms with Crippen molar-refractivity contribution in [1.82, 2.24) is 5.06 Å². The van der Waals surface area contributed by atoms with E-state index in [-0.39, 0.29) is 19.4 Å². The number of carbonyl (C=O) groups excluding carboxylic acids is 1. The standard InChI is InChI=1S/C8H16N2O4/c9-5-1-2-6-10(14)7(11)3-4-8(12)13/h14H,1-6,9H2,(H,12,13)/p+1. The molecule has 0 aromatic carbocycles. The summed E-state index contributed by atoms with van der Waals surface area (Å²) in [6.45, 7) is 1.01. The first-order chi connectivity index (χ1) is 6.57. The molecule has 1 amide bonds. The Morgan fingerprint density at radius 2 is 1.86 bits per heavy atom. The van der Waals surface area contributed by atoms with Crippen LogP contribution in [0.25, 0.3) is 0 Å². The summed E-state index contributed by atoms with van der Waals surface area (Å²) in [7, 11) is 0. The molecule has 5 N–H and O–H groups in total. The maximum Gasteiger partial charge on any atom is 0.303 e. The van der Waals surface area contributed by atoms with Gasteiger partial charge in [0.05, 0.1) is 13.0 Å². The van der Waals surface area contributed by atoms with Gasteiger partial charge in [-0.15, -0.1) is 0 Å². The summed E-state index contributed by atoms with van der Waals surface area (Å²) in [6, 6.07) is 0. The lowest BCUT2D eigenvalue weighted by Crippen LogP contribution is -2.50. The van der Waals surface area contributed by atoms with E-state index >= 15 is 0 Å². The average Bonchev–Trinajstić information content (AvgIpc) is 2.14. The molecule has 6 nitrogen and oxygen atoms in total. The highest BCUT2D eigenvalue weighted by Gasteiger charge is 2.11. The van der Waals surface area contributed by atoms with Gasteiger partial charge in [-0.05, 0) is 12.8 Å². The molecule has 0 heterocycles. The first-order valence-electron chi connectivity index (χ1n) is 4.58. The van der Waals surface area contributed by atoms with Crippen molar-refractivity contribution in [3.63, 3.8) is 0 Å². The third-order valence-corrected chi connectivity index (χ3v) is 1.71. The molecule has 14 heavy (non-hydrogen) atoms. The largest absolute Gasteiger partial charge is 0.481 e. The van der Waals surface area contributed by atoms with Gasteiger partial charge in [0.1, 0.15) is 0 Å². The summed E-state index contributed by atoms with van der Waals surface area (Å²) in [4.78, 5) is 21.2. The zero-order valence-corrected chi connectivity index (χ0v) is 8.11. The molecule has 0 fully saturated rings. The number of unbranched alkanes of at least 4 members (excludes halogenated alkanes) is 1. The molecule has 6 heteroatoms. The number of hydroxylamine groups is 2. The van der Waals surface area contributed by atoms with Crippen LogP contribution in [0, 0.1) is 0 Å². The molecular weight excluding hydrogens is 188 g/mol. The van der Waals surface area contributed by atoms with Crippen LogP contribution < -0.4 is 5.73 Å². The van der Waals surface area contributed by atoms with Crippen molar-refractivity contribution in [3.8, 4) is 0 Å². The highest BCUT2D eigenvalue weighted by Crippen LogP contribution is 1.97. The molecule has 0 spiro atoms. The molecule has 82 valence electrons. The van der Waals surface area contributed by atoms with Crippen molar-refractivity contribution < 1.29 is 25.6 Å². The highest BCUT2D eigenvalue weighted by molar-refractivity contribution is 5.79. The van der Waals surface area contributed by atoms with E-state index in [1.54, 1.807) is 0 Å². The minimum atomic E-state index is -1.04. The van der Waals surface area contributed by atoms with Crippen LogP contribution in [0.4, 0.5) is 0 Å². The fourth-order valence-corrected chi connectivity index (χ4v) is 0.906. The Morgan fingerprint density at radius 1 is 1.21 bits per heavy atom. The van der Waals surface area contributed by atoms with E-state index < -0.39 is 11.9 Å². The lowest BCUT2D eigenvalue weighted by molar-refractivity contribution is -0.368. The molecule has 0 aromatic heterocycles. The number of aliphatic carboxylic acids is 1. The van der Waals surface area contributed by atoms with Crippen LogP contribution in [-0.2, 0) is 9.59 Å². The Morgan fingerprint density at radius 3 is 2.36 bits per heavy atom. The van der Waals surface area contributed by atoms with Crippen LogP contribution in [0.3, 0.4) is 0 Å². The van der Waals surface area contributed by atoms with E-state index in [1.165, 1.54) is 0 Å². The summed E-state index contributed by atoms with van der Waals surface area (Å²) < 4.78 is 0. The quantitative estimate of drug-likeness (QED) is 0.284. The van der Waals surface area contributed by atoms with Crippen LogP contribution in [0.1, 0.15) is 25.7 Å². The number of carboxylic acid groups (broad SMARTS) is 1. The highest BCUT2D eigenvalue weighted by atomic mass is 16.5. The van der Waals surface area contributed by atoms with Crippen LogP contribution in [0.5, 0.6) is 0 Å². The van der Waals surface area contributed by atoms with Gasteiger partial charge in [-0.25, -0.2) is 5.06 Å². The Bertz CT molecular complexity index is 196. The fourth-order valence-electron chi connectivity index (χ4n) is 0.906. The Labute approximate surface area is 82.3 Å². The summed E-state index contributed by atoms with van der Waals surface area (Å²) in [5, 5.41) is 18.0. The number of rotatable bonds is 7. The third kappa shape index (κ3) is 6.38. The van der Waals surface area contributed by atoms with E-state index in [1.807, 2.05) is 0 Å². The molecule has 0 bridgehead atoms. The number of carboxylic acids is 1. The van der Waals surface area contributed by atoms with Gasteiger partial charge in [0.15, 0.2) is 0 Å². The number of carbonyl (C=O) groups is 2. The smallest absolute Gasteiger partial charge is 0.303 e. The minimum Gasteiger partial charge on any atom is -0.481 e. The first kappa shape index (κ1) is 12.9. The predicted octanol–water partition coefficient (Wildman–Crippen LogP) is -0.909. The number of amides is 1. The van der Waals surface area contributed by atoms with Crippen molar-refractivity contribution in [3.05, 3.63) is 0 Å². The van der Waals surface area contributed by atoms with E-state index in [4.69, 9.17) is 10.3 Å². The topological polar surface area (TPSA) is 105 Å². The second-order valence-corrected chi connectivity index (χ2v) is 2.97. The molecule has 0 atom stereocenters. The molecule has 0 aliphatic heterocycles. The van der Waals surface area contributed by atoms with Gasteiger partial charge in [0.2, 0.25) is 5.91 Å². The van der Waals surface area contributed by atoms with Crippen LogP contribution in [0.15, 0.2) is 0 Å². The third-order valence-electron chi connectivity index (χ3n) is 1.71. The van der Waals surface area contributed by atoms with Gasteiger partial charge in [-0.1, -0.05) is 0 Å². The summed E-state index contributed by atoms with van der Waals surface area (Å²) >= 11 is 0. The van der Waals surface area contributed by atoms with Crippen LogP contribution in [-0.4, -0.2) is 40.3 Å². The van der Waals surface area contributed by atoms with Gasteiger partial charge in [-0.3, -0.25) is 14.8 Å². The molecule has 0 rings (SSSR count). The van der Waals surface area contributed by atoms with E-state index in [0.29, 0.717) is 11.5 Å². The Balaban J connectivity index is 3.59. The summed E-state index contributed by atoms with van der Waals surface area (Å²) in [6.07, 6.45) is 1.11. The molecule has 0 aliphatic carbocycles. The fraction of sp³-hybridized carbons (Fsp3) is 0.750. The Kier molecular flexibility index (Phi) is 6.69. The average molecular weight is 205 g/mol. The lowest BCUT2D eigenvalue weighted by Gasteiger charge is -2.13. The Hall–Kier alpha value is -1.14. The SMILES string of the molecule is [NH3+]CCCCN(O)C(=O)CCC(=O)O. The monoisotopic (exact) mass is 205 g/mol. The van der Waals surface area contributed by atoms with Gasteiger partial charge >= 0.3 is 5.97 Å².